The van der Waals surface area contributed by atoms with Crippen molar-refractivity contribution in [2.75, 3.05) is 11.9 Å². The van der Waals surface area contributed by atoms with E-state index in [4.69, 9.17) is 4.74 Å². The van der Waals surface area contributed by atoms with Gasteiger partial charge in [-0.1, -0.05) is 31.9 Å². The monoisotopic (exact) mass is 353 g/mol. The molecule has 1 N–H and O–H groups in total. The van der Waals surface area contributed by atoms with Crippen LogP contribution in [-0.2, 0) is 16.0 Å². The van der Waals surface area contributed by atoms with Gasteiger partial charge in [-0.15, -0.1) is 0 Å². The van der Waals surface area contributed by atoms with Crippen molar-refractivity contribution < 1.29 is 18.3 Å². The summed E-state index contributed by atoms with van der Waals surface area (Å²) in [6, 6.07) is 8.24. The van der Waals surface area contributed by atoms with Gasteiger partial charge in [-0.05, 0) is 49.3 Å². The number of carbonyl (C=O) groups is 1. The predicted molar refractivity (Wildman–Crippen MR) is 96.0 cm³/mol. The van der Waals surface area contributed by atoms with E-state index in [2.05, 4.69) is 24.4 Å². The van der Waals surface area contributed by atoms with Gasteiger partial charge in [0, 0.05) is 25.6 Å². The number of esters is 1. The van der Waals surface area contributed by atoms with Crippen molar-refractivity contribution in [1.82, 2.24) is 0 Å². The highest BCUT2D eigenvalue weighted by atomic mass is 19.3. The molecule has 1 aliphatic rings. The molecule has 5 heteroatoms. The minimum absolute atomic E-state index is 0.119. The Hall–Kier alpha value is -1.65. The molecule has 0 bridgehead atoms. The number of hydrogen-bond acceptors (Lipinski definition) is 3. The Labute approximate surface area is 149 Å². The second-order valence-corrected chi connectivity index (χ2v) is 7.04. The molecule has 1 saturated carbocycles. The zero-order chi connectivity index (χ0) is 18.3. The van der Waals surface area contributed by atoms with Crippen LogP contribution in [0.3, 0.4) is 0 Å². The van der Waals surface area contributed by atoms with Crippen molar-refractivity contribution >= 4 is 11.7 Å². The zero-order valence-electron chi connectivity index (χ0n) is 15.2. The maximum Gasteiger partial charge on any atom is 0.303 e. The summed E-state index contributed by atoms with van der Waals surface area (Å²) < 4.78 is 33.0. The number of hydrogen-bond donors (Lipinski definition) is 1. The van der Waals surface area contributed by atoms with Crippen molar-refractivity contribution in [3.63, 3.8) is 0 Å². The van der Waals surface area contributed by atoms with Gasteiger partial charge < -0.3 is 10.1 Å². The third kappa shape index (κ3) is 6.29. The molecule has 0 heterocycles. The number of aryl methyl sites for hydroxylation is 1. The lowest BCUT2D eigenvalue weighted by Crippen LogP contribution is -2.44. The fourth-order valence-corrected chi connectivity index (χ4v) is 3.37. The number of anilines is 1. The number of carbonyl (C=O) groups excluding carboxylic acids is 1. The van der Waals surface area contributed by atoms with Crippen LogP contribution in [0.5, 0.6) is 0 Å². The molecule has 2 atom stereocenters. The summed E-state index contributed by atoms with van der Waals surface area (Å²) in [4.78, 5) is 10.9. The summed E-state index contributed by atoms with van der Waals surface area (Å²) in [5.74, 6) is -3.70. The van der Waals surface area contributed by atoms with E-state index in [1.54, 1.807) is 0 Å². The quantitative estimate of drug-likeness (QED) is 0.516. The van der Waals surface area contributed by atoms with E-state index in [1.807, 2.05) is 12.1 Å². The van der Waals surface area contributed by atoms with Crippen LogP contribution in [0.15, 0.2) is 24.3 Å². The van der Waals surface area contributed by atoms with Gasteiger partial charge in [0.2, 0.25) is 0 Å². The number of nitrogens with one attached hydrogen (secondary N) is 1. The third-order valence-corrected chi connectivity index (χ3v) is 4.80. The Kier molecular flexibility index (Phi) is 7.21. The molecule has 2 rings (SSSR count). The minimum Gasteiger partial charge on any atom is -0.456 e. The molecule has 1 aromatic rings. The summed E-state index contributed by atoms with van der Waals surface area (Å²) in [6.45, 7) is 3.88. The highest BCUT2D eigenvalue weighted by Crippen LogP contribution is 2.38. The molecule has 0 aliphatic heterocycles. The van der Waals surface area contributed by atoms with E-state index in [-0.39, 0.29) is 18.8 Å². The molecular formula is C20H29F2NO2. The largest absolute Gasteiger partial charge is 0.456 e. The lowest BCUT2D eigenvalue weighted by molar-refractivity contribution is -0.184. The molecule has 140 valence electrons. The van der Waals surface area contributed by atoms with E-state index < -0.39 is 18.0 Å². The van der Waals surface area contributed by atoms with Crippen LogP contribution in [-0.4, -0.2) is 24.5 Å². The van der Waals surface area contributed by atoms with Gasteiger partial charge in [0.05, 0.1) is 0 Å². The van der Waals surface area contributed by atoms with Crippen molar-refractivity contribution in [3.05, 3.63) is 29.8 Å². The molecular weight excluding hydrogens is 324 g/mol. The Morgan fingerprint density at radius 1 is 1.24 bits per heavy atom. The highest BCUT2D eigenvalue weighted by molar-refractivity contribution is 5.66. The fraction of sp³-hybridized carbons (Fsp3) is 0.650. The first kappa shape index (κ1) is 19.7. The van der Waals surface area contributed by atoms with Crippen LogP contribution in [0.2, 0.25) is 0 Å². The Morgan fingerprint density at radius 3 is 2.56 bits per heavy atom. The van der Waals surface area contributed by atoms with E-state index in [9.17, 15) is 13.6 Å². The topological polar surface area (TPSA) is 38.3 Å². The maximum absolute atomic E-state index is 14.1. The first-order valence-corrected chi connectivity index (χ1v) is 9.28. The van der Waals surface area contributed by atoms with Crippen LogP contribution in [0.1, 0.15) is 57.9 Å². The number of alkyl halides is 2. The second kappa shape index (κ2) is 9.16. The van der Waals surface area contributed by atoms with E-state index in [1.165, 1.54) is 31.7 Å². The van der Waals surface area contributed by atoms with E-state index in [0.29, 0.717) is 13.0 Å². The van der Waals surface area contributed by atoms with Crippen LogP contribution in [0, 0.1) is 5.92 Å². The molecule has 0 saturated heterocycles. The normalized spacial score (nSPS) is 22.4. The smallest absolute Gasteiger partial charge is 0.303 e. The summed E-state index contributed by atoms with van der Waals surface area (Å²) >= 11 is 0. The average molecular weight is 353 g/mol. The first-order valence-electron chi connectivity index (χ1n) is 9.28. The first-order chi connectivity index (χ1) is 11.9. The SMILES string of the molecule is CCCCCc1ccc(NC[C@@H]2CC[C@H](OC(C)=O)C(F)(F)C2)cc1. The van der Waals surface area contributed by atoms with Gasteiger partial charge >= 0.3 is 5.97 Å². The van der Waals surface area contributed by atoms with Crippen molar-refractivity contribution in [2.24, 2.45) is 5.92 Å². The molecule has 0 aromatic heterocycles. The van der Waals surface area contributed by atoms with E-state index >= 15 is 0 Å². The van der Waals surface area contributed by atoms with Crippen molar-refractivity contribution in [2.45, 2.75) is 70.8 Å². The van der Waals surface area contributed by atoms with Crippen molar-refractivity contribution in [3.8, 4) is 0 Å². The molecule has 3 nitrogen and oxygen atoms in total. The van der Waals surface area contributed by atoms with Crippen LogP contribution < -0.4 is 5.32 Å². The molecule has 0 unspecified atom stereocenters. The van der Waals surface area contributed by atoms with Gasteiger partial charge in [0.15, 0.2) is 6.10 Å². The molecule has 0 radical (unpaired) electrons. The number of benzene rings is 1. The number of halogens is 2. The van der Waals surface area contributed by atoms with E-state index in [0.717, 1.165) is 12.1 Å². The highest BCUT2D eigenvalue weighted by Gasteiger charge is 2.47. The van der Waals surface area contributed by atoms with Crippen LogP contribution in [0.4, 0.5) is 14.5 Å². The number of rotatable bonds is 8. The minimum atomic E-state index is -2.95. The van der Waals surface area contributed by atoms with Crippen LogP contribution >= 0.6 is 0 Å². The summed E-state index contributed by atoms with van der Waals surface area (Å²) in [6.07, 6.45) is 4.07. The summed E-state index contributed by atoms with van der Waals surface area (Å²) in [5.41, 5.74) is 2.28. The lowest BCUT2D eigenvalue weighted by atomic mass is 9.84. The molecule has 1 fully saturated rings. The fourth-order valence-electron chi connectivity index (χ4n) is 3.37. The van der Waals surface area contributed by atoms with Gasteiger partial charge in [-0.25, -0.2) is 8.78 Å². The molecule has 0 amide bonds. The van der Waals surface area contributed by atoms with Gasteiger partial charge in [-0.3, -0.25) is 4.79 Å². The van der Waals surface area contributed by atoms with Crippen molar-refractivity contribution in [1.29, 1.82) is 0 Å². The molecule has 1 aromatic carbocycles. The van der Waals surface area contributed by atoms with Gasteiger partial charge in [-0.2, -0.15) is 0 Å². The molecule has 0 spiro atoms. The average Bonchev–Trinajstić information content (AvgIpc) is 2.56. The summed E-state index contributed by atoms with van der Waals surface area (Å²) in [7, 11) is 0. The maximum atomic E-state index is 14.1. The zero-order valence-corrected chi connectivity index (χ0v) is 15.2. The Bertz CT molecular complexity index is 545. The predicted octanol–water partition coefficient (Wildman–Crippen LogP) is 5.20. The lowest BCUT2D eigenvalue weighted by Gasteiger charge is -2.35. The second-order valence-electron chi connectivity index (χ2n) is 7.04. The third-order valence-electron chi connectivity index (χ3n) is 4.80. The standard InChI is InChI=1S/C20H29F2NO2/c1-3-4-5-6-16-7-10-18(11-8-16)23-14-17-9-12-19(25-15(2)24)20(21,22)13-17/h7-8,10-11,17,19,23H,3-6,9,12-14H2,1-2H3/t17-,19+/m1/s1. The molecule has 1 aliphatic carbocycles. The Balaban J connectivity index is 1.79. The van der Waals surface area contributed by atoms with Gasteiger partial charge in [0.25, 0.3) is 5.92 Å². The summed E-state index contributed by atoms with van der Waals surface area (Å²) in [5, 5.41) is 3.26. The van der Waals surface area contributed by atoms with Gasteiger partial charge in [0.1, 0.15) is 0 Å². The van der Waals surface area contributed by atoms with Crippen LogP contribution in [0.25, 0.3) is 0 Å². The number of ether oxygens (including phenoxy) is 1. The Morgan fingerprint density at radius 2 is 1.96 bits per heavy atom. The number of unbranched alkanes of at least 4 members (excludes halogenated alkanes) is 2. The molecule has 25 heavy (non-hydrogen) atoms.